The SMILES string of the molecule is OC[C@@H]1O[C@@H](S)[C@@H](OCc2cnco2)[C@](c2cncc(Br)c2)(n2cc(-c3cc(F)c(F)c(F)c3)nn2)[C@@H]1O. The Kier molecular flexibility index (Phi) is 7.57. The summed E-state index contributed by atoms with van der Waals surface area (Å²) in [7, 11) is 0. The van der Waals surface area contributed by atoms with Crippen LogP contribution in [0.25, 0.3) is 11.3 Å². The number of oxazole rings is 1. The molecule has 0 spiro atoms. The lowest BCUT2D eigenvalue weighted by Crippen LogP contribution is -2.68. The summed E-state index contributed by atoms with van der Waals surface area (Å²) in [6.45, 7) is -0.701. The van der Waals surface area contributed by atoms with E-state index >= 15 is 0 Å². The Bertz CT molecular complexity index is 1410. The number of ether oxygens (including phenoxy) is 2. The van der Waals surface area contributed by atoms with E-state index in [-0.39, 0.29) is 17.9 Å². The van der Waals surface area contributed by atoms with E-state index in [2.05, 4.69) is 48.8 Å². The zero-order valence-electron chi connectivity index (χ0n) is 19.2. The zero-order valence-corrected chi connectivity index (χ0v) is 21.6. The quantitative estimate of drug-likeness (QED) is 0.213. The molecule has 4 heterocycles. The molecule has 0 radical (unpaired) electrons. The number of aliphatic hydroxyl groups excluding tert-OH is 2. The number of halogens is 4. The Balaban J connectivity index is 1.70. The van der Waals surface area contributed by atoms with Gasteiger partial charge >= 0.3 is 0 Å². The van der Waals surface area contributed by atoms with E-state index in [1.165, 1.54) is 35.9 Å². The summed E-state index contributed by atoms with van der Waals surface area (Å²) in [5.41, 5.74) is -2.51. The predicted molar refractivity (Wildman–Crippen MR) is 130 cm³/mol. The smallest absolute Gasteiger partial charge is 0.194 e. The first kappa shape index (κ1) is 26.8. The van der Waals surface area contributed by atoms with Crippen LogP contribution in [0, 0.1) is 17.5 Å². The number of hydrogen-bond acceptors (Lipinski definition) is 10. The van der Waals surface area contributed by atoms with E-state index in [0.717, 1.165) is 12.1 Å². The van der Waals surface area contributed by atoms with Gasteiger partial charge < -0.3 is 24.1 Å². The van der Waals surface area contributed by atoms with E-state index < -0.39 is 53.3 Å². The third kappa shape index (κ3) is 4.63. The Hall–Kier alpha value is -2.82. The monoisotopic (exact) mass is 613 g/mol. The number of aromatic nitrogens is 5. The third-order valence-corrected chi connectivity index (χ3v) is 7.02. The molecule has 10 nitrogen and oxygen atoms in total. The maximum absolute atomic E-state index is 14.0. The number of nitrogens with zero attached hydrogens (tertiary/aromatic N) is 5. The summed E-state index contributed by atoms with van der Waals surface area (Å²) in [5.74, 6) is -4.07. The number of rotatable bonds is 7. The van der Waals surface area contributed by atoms with Crippen LogP contribution in [0.4, 0.5) is 13.2 Å². The summed E-state index contributed by atoms with van der Waals surface area (Å²) < 4.78 is 60.4. The minimum atomic E-state index is -1.70. The molecule has 38 heavy (non-hydrogen) atoms. The second-order valence-electron chi connectivity index (χ2n) is 8.41. The lowest BCUT2D eigenvalue weighted by molar-refractivity contribution is -0.223. The van der Waals surface area contributed by atoms with Gasteiger partial charge in [0.1, 0.15) is 47.3 Å². The van der Waals surface area contributed by atoms with Crippen LogP contribution < -0.4 is 0 Å². The molecule has 1 aliphatic rings. The molecule has 0 saturated carbocycles. The fourth-order valence-electron chi connectivity index (χ4n) is 4.48. The molecule has 1 saturated heterocycles. The van der Waals surface area contributed by atoms with Crippen LogP contribution in [0.5, 0.6) is 0 Å². The van der Waals surface area contributed by atoms with Gasteiger partial charge in [0.15, 0.2) is 23.8 Å². The molecule has 2 N–H and O–H groups in total. The van der Waals surface area contributed by atoms with Crippen LogP contribution in [0.1, 0.15) is 11.3 Å². The van der Waals surface area contributed by atoms with Gasteiger partial charge in [0.2, 0.25) is 0 Å². The fraction of sp³-hybridized carbons (Fsp3) is 0.304. The van der Waals surface area contributed by atoms with Crippen molar-refractivity contribution in [2.24, 2.45) is 0 Å². The number of benzene rings is 1. The molecule has 4 aromatic rings. The first-order valence-corrected chi connectivity index (χ1v) is 12.4. The maximum Gasteiger partial charge on any atom is 0.194 e. The Morgan fingerprint density at radius 3 is 2.55 bits per heavy atom. The molecule has 5 atom stereocenters. The normalized spacial score (nSPS) is 25.6. The highest BCUT2D eigenvalue weighted by Crippen LogP contribution is 2.45. The van der Waals surface area contributed by atoms with Gasteiger partial charge in [-0.25, -0.2) is 22.8 Å². The maximum atomic E-state index is 14.0. The number of pyridine rings is 1. The minimum Gasteiger partial charge on any atom is -0.446 e. The second kappa shape index (κ2) is 10.7. The van der Waals surface area contributed by atoms with Gasteiger partial charge in [0.25, 0.3) is 0 Å². The van der Waals surface area contributed by atoms with E-state index in [1.807, 2.05) is 0 Å². The molecule has 200 valence electrons. The highest BCUT2D eigenvalue weighted by atomic mass is 79.9. The highest BCUT2D eigenvalue weighted by molar-refractivity contribution is 9.10. The van der Waals surface area contributed by atoms with Crippen LogP contribution in [0.2, 0.25) is 0 Å². The van der Waals surface area contributed by atoms with Crippen LogP contribution in [-0.4, -0.2) is 65.5 Å². The van der Waals surface area contributed by atoms with Crippen molar-refractivity contribution in [1.29, 1.82) is 0 Å². The standard InChI is InChI=1S/C23H19BrF3N5O5S/c24-13-3-12(4-28-5-13)23(32-7-17(30-31-32)11-1-15(25)19(27)16(26)2-11)20(34)18(8-33)37-22(38)21(23)35-9-14-6-29-10-36-14/h1-7,10,18,20-22,33-34,38H,8-9H2/t18-,20+,21+,22-,23+/m0/s1. The topological polar surface area (TPSA) is 129 Å². The Labute approximate surface area is 227 Å². The predicted octanol–water partition coefficient (Wildman–Crippen LogP) is 2.84. The van der Waals surface area contributed by atoms with Crippen molar-refractivity contribution in [2.45, 2.75) is 35.9 Å². The summed E-state index contributed by atoms with van der Waals surface area (Å²) in [6.07, 6.45) is 3.14. The minimum absolute atomic E-state index is 0.0333. The molecule has 1 aromatic carbocycles. The van der Waals surface area contributed by atoms with E-state index in [1.54, 1.807) is 6.07 Å². The zero-order chi connectivity index (χ0) is 27.0. The molecule has 15 heteroatoms. The van der Waals surface area contributed by atoms with E-state index in [9.17, 15) is 23.4 Å². The van der Waals surface area contributed by atoms with Crippen molar-refractivity contribution in [2.75, 3.05) is 6.61 Å². The number of hydrogen-bond donors (Lipinski definition) is 3. The molecular formula is C23H19BrF3N5O5S. The molecule has 5 rings (SSSR count). The molecule has 0 aliphatic carbocycles. The van der Waals surface area contributed by atoms with Gasteiger partial charge in [-0.1, -0.05) is 5.21 Å². The summed E-state index contributed by atoms with van der Waals surface area (Å²) in [6, 6.07) is 3.20. The van der Waals surface area contributed by atoms with Gasteiger partial charge in [0, 0.05) is 28.0 Å². The van der Waals surface area contributed by atoms with Gasteiger partial charge in [-0.2, -0.15) is 0 Å². The van der Waals surface area contributed by atoms with Crippen molar-refractivity contribution in [3.05, 3.63) is 82.6 Å². The molecule has 1 aliphatic heterocycles. The summed E-state index contributed by atoms with van der Waals surface area (Å²) >= 11 is 7.92. The molecule has 3 aromatic heterocycles. The van der Waals surface area contributed by atoms with Gasteiger partial charge in [-0.05, 0) is 34.1 Å². The summed E-state index contributed by atoms with van der Waals surface area (Å²) in [5, 5.41) is 29.9. The van der Waals surface area contributed by atoms with Gasteiger partial charge in [0.05, 0.1) is 19.0 Å². The van der Waals surface area contributed by atoms with Crippen molar-refractivity contribution in [3.8, 4) is 11.3 Å². The van der Waals surface area contributed by atoms with Crippen LogP contribution in [0.3, 0.4) is 0 Å². The van der Waals surface area contributed by atoms with E-state index in [0.29, 0.717) is 15.8 Å². The highest BCUT2D eigenvalue weighted by Gasteiger charge is 2.60. The van der Waals surface area contributed by atoms with Crippen molar-refractivity contribution in [3.63, 3.8) is 0 Å². The first-order chi connectivity index (χ1) is 18.2. The summed E-state index contributed by atoms with van der Waals surface area (Å²) in [4.78, 5) is 8.07. The average molecular weight is 614 g/mol. The Morgan fingerprint density at radius 2 is 1.89 bits per heavy atom. The average Bonchev–Trinajstić information content (AvgIpc) is 3.60. The fourth-order valence-corrected chi connectivity index (χ4v) is 5.31. The van der Waals surface area contributed by atoms with Crippen LogP contribution >= 0.6 is 28.6 Å². The molecular weight excluding hydrogens is 595 g/mol. The lowest BCUT2D eigenvalue weighted by atomic mass is 9.76. The molecule has 0 amide bonds. The van der Waals surface area contributed by atoms with Crippen LogP contribution in [0.15, 0.2) is 58.3 Å². The number of thiol groups is 1. The lowest BCUT2D eigenvalue weighted by Gasteiger charge is -2.51. The van der Waals surface area contributed by atoms with Crippen molar-refractivity contribution >= 4 is 28.6 Å². The molecule has 1 fully saturated rings. The largest absolute Gasteiger partial charge is 0.446 e. The third-order valence-electron chi connectivity index (χ3n) is 6.20. The van der Waals surface area contributed by atoms with Crippen LogP contribution in [-0.2, 0) is 21.6 Å². The Morgan fingerprint density at radius 1 is 1.13 bits per heavy atom. The molecule has 0 bridgehead atoms. The number of aliphatic hydroxyl groups is 2. The first-order valence-electron chi connectivity index (χ1n) is 11.1. The van der Waals surface area contributed by atoms with Crippen molar-refractivity contribution < 1.29 is 37.3 Å². The van der Waals surface area contributed by atoms with Gasteiger partial charge in [-0.3, -0.25) is 4.98 Å². The van der Waals surface area contributed by atoms with Gasteiger partial charge in [-0.15, -0.1) is 17.7 Å². The van der Waals surface area contributed by atoms with Crippen molar-refractivity contribution in [1.82, 2.24) is 25.0 Å². The van der Waals surface area contributed by atoms with E-state index in [4.69, 9.17) is 13.9 Å². The second-order valence-corrected chi connectivity index (χ2v) is 9.84. The molecule has 0 unspecified atom stereocenters.